The molecule has 0 bridgehead atoms. The van der Waals surface area contributed by atoms with Gasteiger partial charge in [0.25, 0.3) is 5.56 Å². The minimum atomic E-state index is -3.04. The average Bonchev–Trinajstić information content (AvgIpc) is 3.31. The molecule has 156 valence electrons. The summed E-state index contributed by atoms with van der Waals surface area (Å²) in [7, 11) is -1.42. The molecule has 1 saturated heterocycles. The number of sulfone groups is 1. The second kappa shape index (κ2) is 8.22. The van der Waals surface area contributed by atoms with Crippen LogP contribution in [0.2, 0.25) is 0 Å². The molecule has 3 aromatic rings. The molecule has 0 amide bonds. The second-order valence-electron chi connectivity index (χ2n) is 7.23. The first-order chi connectivity index (χ1) is 14.4. The Labute approximate surface area is 178 Å². The van der Waals surface area contributed by atoms with Gasteiger partial charge in [-0.25, -0.2) is 13.4 Å². The number of aromatic nitrogens is 2. The molecule has 3 heterocycles. The summed E-state index contributed by atoms with van der Waals surface area (Å²) in [6.07, 6.45) is 6.02. The van der Waals surface area contributed by atoms with E-state index in [4.69, 9.17) is 11.2 Å². The van der Waals surface area contributed by atoms with Crippen LogP contribution in [0.3, 0.4) is 0 Å². The number of hydrogen-bond donors (Lipinski definition) is 1. The van der Waals surface area contributed by atoms with Crippen molar-refractivity contribution in [3.8, 4) is 28.5 Å². The van der Waals surface area contributed by atoms with Crippen molar-refractivity contribution < 1.29 is 13.2 Å². The summed E-state index contributed by atoms with van der Waals surface area (Å²) in [6.45, 7) is 0.589. The number of nitrogens with zero attached hydrogens (tertiary/aromatic N) is 2. The van der Waals surface area contributed by atoms with E-state index < -0.39 is 9.84 Å². The van der Waals surface area contributed by atoms with Crippen molar-refractivity contribution >= 4 is 31.4 Å². The lowest BCUT2D eigenvalue weighted by Crippen LogP contribution is -2.37. The number of thiophene rings is 1. The minimum Gasteiger partial charge on any atom is -0.497 e. The lowest BCUT2D eigenvalue weighted by atomic mass is 10.2. The Morgan fingerprint density at radius 2 is 2.13 bits per heavy atom. The fraction of sp³-hybridized carbons (Fsp3) is 0.333. The zero-order chi connectivity index (χ0) is 21.3. The van der Waals surface area contributed by atoms with Crippen molar-refractivity contribution in [3.05, 3.63) is 46.5 Å². The number of benzene rings is 1. The monoisotopic (exact) mass is 443 g/mol. The topological polar surface area (TPSA) is 92.4 Å². The lowest BCUT2D eigenvalue weighted by molar-refractivity contribution is 0.225. The van der Waals surface area contributed by atoms with Crippen LogP contribution in [0.5, 0.6) is 5.75 Å². The van der Waals surface area contributed by atoms with E-state index in [0.29, 0.717) is 35.6 Å². The van der Waals surface area contributed by atoms with Gasteiger partial charge < -0.3 is 9.72 Å². The predicted molar refractivity (Wildman–Crippen MR) is 119 cm³/mol. The number of methoxy groups -OCH3 is 1. The van der Waals surface area contributed by atoms with Gasteiger partial charge in [0.15, 0.2) is 9.84 Å². The summed E-state index contributed by atoms with van der Waals surface area (Å²) in [5.74, 6) is 4.07. The Morgan fingerprint density at radius 3 is 2.77 bits per heavy atom. The third-order valence-electron chi connectivity index (χ3n) is 5.18. The molecule has 0 spiro atoms. The third kappa shape index (κ3) is 4.26. The number of aromatic amines is 1. The lowest BCUT2D eigenvalue weighted by Gasteiger charge is -2.25. The van der Waals surface area contributed by atoms with Crippen LogP contribution in [0.15, 0.2) is 35.1 Å². The summed E-state index contributed by atoms with van der Waals surface area (Å²) in [5, 5.41) is 0. The SMILES string of the molecule is C#CCN(Cc1nc2cc(-c3ccc(OC)cc3)sc2c(=O)[nH]1)C1CCS(=O)(=O)C1. The highest BCUT2D eigenvalue weighted by atomic mass is 32.2. The Kier molecular flexibility index (Phi) is 5.64. The first kappa shape index (κ1) is 20.6. The van der Waals surface area contributed by atoms with Gasteiger partial charge in [0.1, 0.15) is 16.3 Å². The van der Waals surface area contributed by atoms with Crippen molar-refractivity contribution in [2.75, 3.05) is 25.2 Å². The van der Waals surface area contributed by atoms with Crippen LogP contribution in [0.1, 0.15) is 12.2 Å². The molecule has 2 aromatic heterocycles. The van der Waals surface area contributed by atoms with Gasteiger partial charge in [0, 0.05) is 10.9 Å². The Hall–Kier alpha value is -2.67. The van der Waals surface area contributed by atoms with Gasteiger partial charge in [-0.1, -0.05) is 5.92 Å². The van der Waals surface area contributed by atoms with E-state index >= 15 is 0 Å². The quantitative estimate of drug-likeness (QED) is 0.588. The number of fused-ring (bicyclic) bond motifs is 1. The van der Waals surface area contributed by atoms with E-state index in [1.165, 1.54) is 11.3 Å². The van der Waals surface area contributed by atoms with Crippen molar-refractivity contribution in [2.24, 2.45) is 0 Å². The summed E-state index contributed by atoms with van der Waals surface area (Å²) in [4.78, 5) is 22.9. The number of terminal acetylenes is 1. The molecule has 0 saturated carbocycles. The molecule has 4 rings (SSSR count). The average molecular weight is 444 g/mol. The molecule has 1 aliphatic heterocycles. The Bertz CT molecular complexity index is 1270. The molecule has 1 aliphatic rings. The van der Waals surface area contributed by atoms with Crippen LogP contribution >= 0.6 is 11.3 Å². The van der Waals surface area contributed by atoms with Crippen molar-refractivity contribution in [3.63, 3.8) is 0 Å². The number of rotatable bonds is 6. The minimum absolute atomic E-state index is 0.0845. The molecule has 1 aromatic carbocycles. The number of H-pyrrole nitrogens is 1. The van der Waals surface area contributed by atoms with Crippen molar-refractivity contribution in [2.45, 2.75) is 19.0 Å². The maximum atomic E-state index is 12.6. The van der Waals surface area contributed by atoms with Gasteiger partial charge in [-0.05, 0) is 42.3 Å². The van der Waals surface area contributed by atoms with Gasteiger partial charge in [-0.3, -0.25) is 9.69 Å². The van der Waals surface area contributed by atoms with Crippen LogP contribution in [-0.2, 0) is 16.4 Å². The largest absolute Gasteiger partial charge is 0.497 e. The summed E-state index contributed by atoms with van der Waals surface area (Å²) < 4.78 is 29.4. The summed E-state index contributed by atoms with van der Waals surface area (Å²) in [6, 6.07) is 9.35. The number of hydrogen-bond acceptors (Lipinski definition) is 7. The molecule has 1 atom stereocenters. The molecule has 7 nitrogen and oxygen atoms in total. The smallest absolute Gasteiger partial charge is 0.268 e. The van der Waals surface area contributed by atoms with Crippen LogP contribution < -0.4 is 10.3 Å². The highest BCUT2D eigenvalue weighted by molar-refractivity contribution is 7.91. The predicted octanol–water partition coefficient (Wildman–Crippen LogP) is 2.28. The Morgan fingerprint density at radius 1 is 1.37 bits per heavy atom. The first-order valence-corrected chi connectivity index (χ1v) is 12.1. The molecular weight excluding hydrogens is 422 g/mol. The highest BCUT2D eigenvalue weighted by Gasteiger charge is 2.32. The summed E-state index contributed by atoms with van der Waals surface area (Å²) >= 11 is 1.38. The first-order valence-electron chi connectivity index (χ1n) is 9.43. The van der Waals surface area contributed by atoms with E-state index in [2.05, 4.69) is 15.9 Å². The van der Waals surface area contributed by atoms with E-state index in [-0.39, 0.29) is 23.1 Å². The fourth-order valence-electron chi connectivity index (χ4n) is 3.65. The van der Waals surface area contributed by atoms with Crippen molar-refractivity contribution in [1.29, 1.82) is 0 Å². The van der Waals surface area contributed by atoms with Crippen LogP contribution in [-0.4, -0.2) is 54.5 Å². The molecule has 0 radical (unpaired) electrons. The molecule has 9 heteroatoms. The van der Waals surface area contributed by atoms with Crippen molar-refractivity contribution in [1.82, 2.24) is 14.9 Å². The van der Waals surface area contributed by atoms with E-state index in [0.717, 1.165) is 16.2 Å². The maximum absolute atomic E-state index is 12.6. The van der Waals surface area contributed by atoms with Gasteiger partial charge in [-0.2, -0.15) is 0 Å². The van der Waals surface area contributed by atoms with Crippen LogP contribution in [0.4, 0.5) is 0 Å². The molecule has 1 fully saturated rings. The van der Waals surface area contributed by atoms with Gasteiger partial charge in [0.05, 0.1) is 37.2 Å². The zero-order valence-corrected chi connectivity index (χ0v) is 18.1. The van der Waals surface area contributed by atoms with Gasteiger partial charge >= 0.3 is 0 Å². The molecular formula is C21H21N3O4S2. The molecule has 1 N–H and O–H groups in total. The zero-order valence-electron chi connectivity index (χ0n) is 16.4. The van der Waals surface area contributed by atoms with Gasteiger partial charge in [-0.15, -0.1) is 17.8 Å². The summed E-state index contributed by atoms with van der Waals surface area (Å²) in [5.41, 5.74) is 1.38. The van der Waals surface area contributed by atoms with Crippen LogP contribution in [0, 0.1) is 12.3 Å². The highest BCUT2D eigenvalue weighted by Crippen LogP contribution is 2.32. The number of nitrogens with one attached hydrogen (secondary N) is 1. The maximum Gasteiger partial charge on any atom is 0.268 e. The normalized spacial score (nSPS) is 18.0. The van der Waals surface area contributed by atoms with E-state index in [1.807, 2.05) is 35.2 Å². The molecule has 0 aliphatic carbocycles. The standard InChI is InChI=1S/C21H21N3O4S2/c1-3-9-24(15-8-10-30(26,27)13-15)12-19-22-17-11-18(29-20(17)21(25)23-19)14-4-6-16(28-2)7-5-14/h1,4-7,11,15H,8-10,12-13H2,2H3,(H,22,23,25). The van der Waals surface area contributed by atoms with E-state index in [9.17, 15) is 13.2 Å². The van der Waals surface area contributed by atoms with E-state index in [1.54, 1.807) is 7.11 Å². The Balaban J connectivity index is 1.63. The third-order valence-corrected chi connectivity index (χ3v) is 8.10. The van der Waals surface area contributed by atoms with Gasteiger partial charge in [0.2, 0.25) is 0 Å². The number of ether oxygens (including phenoxy) is 1. The fourth-order valence-corrected chi connectivity index (χ4v) is 6.41. The molecule has 1 unspecified atom stereocenters. The molecule has 30 heavy (non-hydrogen) atoms. The second-order valence-corrected chi connectivity index (χ2v) is 10.5. The van der Waals surface area contributed by atoms with Crippen LogP contribution in [0.25, 0.3) is 20.7 Å².